The number of ketones is 1. The topological polar surface area (TPSA) is 36.1 Å². The normalized spacial score (nSPS) is 16.4. The van der Waals surface area contributed by atoms with Gasteiger partial charge in [0.05, 0.1) is 0 Å². The molecule has 0 unspecified atom stereocenters. The maximum absolute atomic E-state index is 13.1. The van der Waals surface area contributed by atoms with Crippen LogP contribution in [-0.4, -0.2) is 35.8 Å². The molecule has 2 heterocycles. The van der Waals surface area contributed by atoms with Crippen molar-refractivity contribution in [2.24, 2.45) is 0 Å². The highest BCUT2D eigenvalue weighted by atomic mass is 19.1. The van der Waals surface area contributed by atoms with Gasteiger partial charge in [-0.1, -0.05) is 0 Å². The largest absolute Gasteiger partial charge is 0.361 e. The van der Waals surface area contributed by atoms with E-state index in [9.17, 15) is 9.18 Å². The third-order valence-electron chi connectivity index (χ3n) is 5.24. The molecule has 1 aliphatic rings. The number of fused-ring (bicyclic) bond motifs is 1. The van der Waals surface area contributed by atoms with E-state index in [-0.39, 0.29) is 11.6 Å². The molecule has 0 atom stereocenters. The highest BCUT2D eigenvalue weighted by molar-refractivity contribution is 6.10. The molecule has 25 heavy (non-hydrogen) atoms. The van der Waals surface area contributed by atoms with Crippen LogP contribution in [0.25, 0.3) is 10.9 Å². The molecule has 1 aliphatic heterocycles. The average Bonchev–Trinajstić information content (AvgIpc) is 3.05. The monoisotopic (exact) mass is 336 g/mol. The summed E-state index contributed by atoms with van der Waals surface area (Å²) in [7, 11) is 2.16. The first-order valence-electron chi connectivity index (χ1n) is 8.71. The summed E-state index contributed by atoms with van der Waals surface area (Å²) in [5.41, 5.74) is 3.52. The lowest BCUT2D eigenvalue weighted by molar-refractivity contribution is 0.103. The van der Waals surface area contributed by atoms with E-state index in [2.05, 4.69) is 23.1 Å². The molecular weight excluding hydrogens is 315 g/mol. The zero-order valence-corrected chi connectivity index (χ0v) is 14.3. The van der Waals surface area contributed by atoms with Gasteiger partial charge in [-0.05, 0) is 86.9 Å². The Morgan fingerprint density at radius 1 is 1.08 bits per heavy atom. The van der Waals surface area contributed by atoms with Crippen molar-refractivity contribution < 1.29 is 9.18 Å². The van der Waals surface area contributed by atoms with Gasteiger partial charge < -0.3 is 9.88 Å². The van der Waals surface area contributed by atoms with Crippen molar-refractivity contribution in [3.63, 3.8) is 0 Å². The molecule has 0 bridgehead atoms. The van der Waals surface area contributed by atoms with Gasteiger partial charge in [0, 0.05) is 28.2 Å². The molecule has 0 radical (unpaired) electrons. The predicted molar refractivity (Wildman–Crippen MR) is 97.6 cm³/mol. The minimum atomic E-state index is -0.331. The number of rotatable bonds is 3. The number of likely N-dealkylation sites (tertiary alicyclic amines) is 1. The van der Waals surface area contributed by atoms with Crippen LogP contribution in [0.1, 0.15) is 40.2 Å². The molecule has 1 N–H and O–H groups in total. The Bertz CT molecular complexity index is 905. The molecule has 0 saturated carbocycles. The number of hydrogen-bond donors (Lipinski definition) is 1. The third kappa shape index (κ3) is 3.10. The van der Waals surface area contributed by atoms with Crippen LogP contribution in [0.3, 0.4) is 0 Å². The van der Waals surface area contributed by atoms with Crippen molar-refractivity contribution in [1.82, 2.24) is 9.88 Å². The molecule has 3 nitrogen and oxygen atoms in total. The van der Waals surface area contributed by atoms with Gasteiger partial charge in [0.2, 0.25) is 0 Å². The quantitative estimate of drug-likeness (QED) is 0.722. The van der Waals surface area contributed by atoms with Crippen molar-refractivity contribution in [3.8, 4) is 0 Å². The molecule has 3 aromatic rings. The molecule has 1 saturated heterocycles. The third-order valence-corrected chi connectivity index (χ3v) is 5.24. The van der Waals surface area contributed by atoms with Crippen LogP contribution >= 0.6 is 0 Å². The molecule has 4 rings (SSSR count). The van der Waals surface area contributed by atoms with Crippen molar-refractivity contribution in [3.05, 3.63) is 71.2 Å². The Morgan fingerprint density at radius 3 is 2.48 bits per heavy atom. The molecule has 4 heteroatoms. The Labute approximate surface area is 146 Å². The molecule has 128 valence electrons. The summed E-state index contributed by atoms with van der Waals surface area (Å²) < 4.78 is 13.1. The zero-order valence-electron chi connectivity index (χ0n) is 14.3. The Kier molecular flexibility index (Phi) is 4.14. The van der Waals surface area contributed by atoms with Gasteiger partial charge in [0.15, 0.2) is 5.78 Å². The molecule has 1 fully saturated rings. The fraction of sp³-hybridized carbons (Fsp3) is 0.286. The molecule has 0 amide bonds. The molecule has 1 aromatic heterocycles. The number of hydrogen-bond acceptors (Lipinski definition) is 2. The second kappa shape index (κ2) is 6.45. The van der Waals surface area contributed by atoms with Crippen molar-refractivity contribution in [2.45, 2.75) is 18.8 Å². The molecule has 0 spiro atoms. The van der Waals surface area contributed by atoms with Crippen LogP contribution in [0.15, 0.2) is 48.7 Å². The number of carbonyl (C=O) groups excluding carboxylic acids is 1. The first-order chi connectivity index (χ1) is 12.1. The Balaban J connectivity index is 1.68. The molecule has 0 aliphatic carbocycles. The Hall–Kier alpha value is -2.46. The maximum atomic E-state index is 13.1. The van der Waals surface area contributed by atoms with Gasteiger partial charge in [-0.3, -0.25) is 4.79 Å². The number of piperidine rings is 1. The van der Waals surface area contributed by atoms with E-state index in [4.69, 9.17) is 0 Å². The number of carbonyl (C=O) groups is 1. The van der Waals surface area contributed by atoms with Gasteiger partial charge in [-0.25, -0.2) is 4.39 Å². The number of halogens is 1. The summed E-state index contributed by atoms with van der Waals surface area (Å²) in [5, 5.41) is 1.13. The van der Waals surface area contributed by atoms with E-state index < -0.39 is 0 Å². The first kappa shape index (κ1) is 16.0. The number of aromatic amines is 1. The number of benzene rings is 2. The smallest absolute Gasteiger partial charge is 0.193 e. The summed E-state index contributed by atoms with van der Waals surface area (Å²) in [5.74, 6) is 0.126. The lowest BCUT2D eigenvalue weighted by Crippen LogP contribution is -2.29. The summed E-state index contributed by atoms with van der Waals surface area (Å²) in [6, 6.07) is 11.5. The summed E-state index contributed by atoms with van der Waals surface area (Å²) in [4.78, 5) is 18.4. The number of aromatic nitrogens is 1. The summed E-state index contributed by atoms with van der Waals surface area (Å²) in [6.07, 6.45) is 4.37. The van der Waals surface area contributed by atoms with Crippen LogP contribution in [0.5, 0.6) is 0 Å². The van der Waals surface area contributed by atoms with E-state index in [1.807, 2.05) is 18.2 Å². The summed E-state index contributed by atoms with van der Waals surface area (Å²) in [6.45, 7) is 2.21. The first-order valence-corrected chi connectivity index (χ1v) is 8.71. The maximum Gasteiger partial charge on any atom is 0.193 e. The van der Waals surface area contributed by atoms with E-state index in [0.717, 1.165) is 36.8 Å². The van der Waals surface area contributed by atoms with E-state index >= 15 is 0 Å². The highest BCUT2D eigenvalue weighted by Crippen LogP contribution is 2.33. The zero-order chi connectivity index (χ0) is 17.4. The summed E-state index contributed by atoms with van der Waals surface area (Å²) >= 11 is 0. The van der Waals surface area contributed by atoms with Crippen LogP contribution < -0.4 is 0 Å². The van der Waals surface area contributed by atoms with E-state index in [1.165, 1.54) is 29.8 Å². The van der Waals surface area contributed by atoms with Crippen molar-refractivity contribution in [2.75, 3.05) is 20.1 Å². The minimum absolute atomic E-state index is 0.0718. The van der Waals surface area contributed by atoms with Gasteiger partial charge in [0.25, 0.3) is 0 Å². The lowest BCUT2D eigenvalue weighted by Gasteiger charge is -2.28. The second-order valence-corrected chi connectivity index (χ2v) is 6.92. The predicted octanol–water partition coefficient (Wildman–Crippen LogP) is 4.35. The van der Waals surface area contributed by atoms with E-state index in [1.54, 1.807) is 0 Å². The number of nitrogens with one attached hydrogen (secondary N) is 1. The molecular formula is C21H21FN2O. The highest BCUT2D eigenvalue weighted by Gasteiger charge is 2.21. The van der Waals surface area contributed by atoms with Crippen LogP contribution in [0.2, 0.25) is 0 Å². The van der Waals surface area contributed by atoms with Crippen LogP contribution in [-0.2, 0) is 0 Å². The van der Waals surface area contributed by atoms with Crippen molar-refractivity contribution in [1.29, 1.82) is 0 Å². The minimum Gasteiger partial charge on any atom is -0.361 e. The van der Waals surface area contributed by atoms with Crippen LogP contribution in [0.4, 0.5) is 4.39 Å². The van der Waals surface area contributed by atoms with Crippen molar-refractivity contribution >= 4 is 16.7 Å². The fourth-order valence-electron chi connectivity index (χ4n) is 3.71. The fourth-order valence-corrected chi connectivity index (χ4v) is 3.71. The lowest BCUT2D eigenvalue weighted by atomic mass is 9.88. The second-order valence-electron chi connectivity index (χ2n) is 6.92. The SMILES string of the molecule is CN1CCC(c2c[nH]c3ccc(C(=O)c4ccc(F)cc4)cc23)CC1. The van der Waals surface area contributed by atoms with Gasteiger partial charge >= 0.3 is 0 Å². The number of H-pyrrole nitrogens is 1. The van der Waals surface area contributed by atoms with Crippen LogP contribution in [0, 0.1) is 5.82 Å². The standard InChI is InChI=1S/C21H21FN2O/c1-24-10-8-14(9-11-24)19-13-23-20-7-4-16(12-18(19)20)21(25)15-2-5-17(22)6-3-15/h2-7,12-14,23H,8-11H2,1H3. The van der Waals surface area contributed by atoms with E-state index in [0.29, 0.717) is 17.0 Å². The number of nitrogens with zero attached hydrogens (tertiary/aromatic N) is 1. The van der Waals surface area contributed by atoms with Gasteiger partial charge in [-0.2, -0.15) is 0 Å². The van der Waals surface area contributed by atoms with Gasteiger partial charge in [0.1, 0.15) is 5.82 Å². The van der Waals surface area contributed by atoms with Gasteiger partial charge in [-0.15, -0.1) is 0 Å². The molecule has 2 aromatic carbocycles. The average molecular weight is 336 g/mol. The Morgan fingerprint density at radius 2 is 1.76 bits per heavy atom.